The number of piperazine rings is 1. The maximum atomic E-state index is 10.7. The van der Waals surface area contributed by atoms with Gasteiger partial charge < -0.3 is 10.0 Å². The zero-order valence-corrected chi connectivity index (χ0v) is 13.2. The lowest BCUT2D eigenvalue weighted by Crippen LogP contribution is -2.52. The Morgan fingerprint density at radius 2 is 1.86 bits per heavy atom. The first-order valence-electron chi connectivity index (χ1n) is 7.97. The van der Waals surface area contributed by atoms with E-state index in [1.54, 1.807) is 6.20 Å². The lowest BCUT2D eigenvalue weighted by molar-refractivity contribution is -0.0271. The van der Waals surface area contributed by atoms with Gasteiger partial charge >= 0.3 is 0 Å². The Labute approximate surface area is 131 Å². The standard InChI is InChI=1S/C16H24ClN3O/c17-14-5-4-8-18-15(14)20-11-9-19(10-12-20)13-16(21)6-2-1-3-7-16/h4-5,8,21H,1-3,6-7,9-13H2. The van der Waals surface area contributed by atoms with Gasteiger partial charge in [0.15, 0.2) is 0 Å². The fourth-order valence-corrected chi connectivity index (χ4v) is 3.75. The van der Waals surface area contributed by atoms with Gasteiger partial charge in [-0.1, -0.05) is 30.9 Å². The monoisotopic (exact) mass is 309 g/mol. The largest absolute Gasteiger partial charge is 0.389 e. The molecule has 1 aliphatic carbocycles. The average molecular weight is 310 g/mol. The molecule has 0 radical (unpaired) electrons. The molecule has 1 aromatic heterocycles. The molecule has 0 amide bonds. The van der Waals surface area contributed by atoms with Gasteiger partial charge in [-0.3, -0.25) is 4.90 Å². The second-order valence-electron chi connectivity index (χ2n) is 6.36. The maximum Gasteiger partial charge on any atom is 0.147 e. The minimum Gasteiger partial charge on any atom is -0.389 e. The first-order valence-corrected chi connectivity index (χ1v) is 8.34. The number of β-amino-alcohol motifs (C(OH)–C–C–N with tert-alkyl or cyclic N) is 1. The van der Waals surface area contributed by atoms with E-state index in [4.69, 9.17) is 11.6 Å². The average Bonchev–Trinajstić information content (AvgIpc) is 2.49. The number of aromatic nitrogens is 1. The van der Waals surface area contributed by atoms with Gasteiger partial charge in [0.1, 0.15) is 5.82 Å². The van der Waals surface area contributed by atoms with Gasteiger partial charge in [0, 0.05) is 38.9 Å². The third-order valence-electron chi connectivity index (χ3n) is 4.71. The van der Waals surface area contributed by atoms with E-state index in [1.165, 1.54) is 19.3 Å². The van der Waals surface area contributed by atoms with Crippen molar-refractivity contribution in [2.45, 2.75) is 37.7 Å². The van der Waals surface area contributed by atoms with E-state index in [1.807, 2.05) is 12.1 Å². The van der Waals surface area contributed by atoms with Gasteiger partial charge in [-0.2, -0.15) is 0 Å². The quantitative estimate of drug-likeness (QED) is 0.931. The van der Waals surface area contributed by atoms with E-state index in [9.17, 15) is 5.11 Å². The number of nitrogens with zero attached hydrogens (tertiary/aromatic N) is 3. The molecule has 2 fully saturated rings. The molecule has 0 aromatic carbocycles. The fourth-order valence-electron chi connectivity index (χ4n) is 3.51. The van der Waals surface area contributed by atoms with Crippen molar-refractivity contribution in [3.8, 4) is 0 Å². The van der Waals surface area contributed by atoms with Crippen LogP contribution < -0.4 is 4.90 Å². The van der Waals surface area contributed by atoms with Crippen molar-refractivity contribution >= 4 is 17.4 Å². The number of pyridine rings is 1. The number of hydrogen-bond donors (Lipinski definition) is 1. The fraction of sp³-hybridized carbons (Fsp3) is 0.688. The number of hydrogen-bond acceptors (Lipinski definition) is 4. The van der Waals surface area contributed by atoms with E-state index >= 15 is 0 Å². The molecule has 0 bridgehead atoms. The molecular formula is C16H24ClN3O. The van der Waals surface area contributed by atoms with Crippen LogP contribution in [-0.4, -0.2) is 53.3 Å². The Hall–Kier alpha value is -0.840. The molecule has 0 spiro atoms. The maximum absolute atomic E-state index is 10.7. The molecule has 1 N–H and O–H groups in total. The summed E-state index contributed by atoms with van der Waals surface area (Å²) in [6, 6.07) is 3.75. The molecule has 5 heteroatoms. The topological polar surface area (TPSA) is 39.6 Å². The normalized spacial score (nSPS) is 23.2. The summed E-state index contributed by atoms with van der Waals surface area (Å²) in [5.41, 5.74) is -0.455. The Morgan fingerprint density at radius 1 is 1.14 bits per heavy atom. The van der Waals surface area contributed by atoms with Crippen LogP contribution in [0.5, 0.6) is 0 Å². The van der Waals surface area contributed by atoms with E-state index in [-0.39, 0.29) is 0 Å². The summed E-state index contributed by atoms with van der Waals surface area (Å²) in [6.45, 7) is 4.60. The summed E-state index contributed by atoms with van der Waals surface area (Å²) >= 11 is 6.21. The highest BCUT2D eigenvalue weighted by Crippen LogP contribution is 2.29. The van der Waals surface area contributed by atoms with Crippen LogP contribution >= 0.6 is 11.6 Å². The number of aliphatic hydroxyl groups is 1. The highest BCUT2D eigenvalue weighted by Gasteiger charge is 2.32. The third kappa shape index (κ3) is 3.68. The molecular weight excluding hydrogens is 286 g/mol. The number of anilines is 1. The van der Waals surface area contributed by atoms with Crippen molar-refractivity contribution in [2.75, 3.05) is 37.6 Å². The molecule has 2 heterocycles. The van der Waals surface area contributed by atoms with Gasteiger partial charge in [0.2, 0.25) is 0 Å². The van der Waals surface area contributed by atoms with Crippen LogP contribution in [0.15, 0.2) is 18.3 Å². The Bertz CT molecular complexity index is 468. The summed E-state index contributed by atoms with van der Waals surface area (Å²) in [5.74, 6) is 0.884. The van der Waals surface area contributed by atoms with Gasteiger partial charge in [0.25, 0.3) is 0 Å². The van der Waals surface area contributed by atoms with E-state index in [0.717, 1.165) is 56.4 Å². The van der Waals surface area contributed by atoms with Crippen molar-refractivity contribution in [2.24, 2.45) is 0 Å². The predicted molar refractivity (Wildman–Crippen MR) is 85.9 cm³/mol. The van der Waals surface area contributed by atoms with Crippen molar-refractivity contribution in [3.05, 3.63) is 23.4 Å². The Morgan fingerprint density at radius 3 is 2.52 bits per heavy atom. The minimum atomic E-state index is -0.455. The summed E-state index contributed by atoms with van der Waals surface area (Å²) in [5, 5.41) is 11.4. The van der Waals surface area contributed by atoms with E-state index in [2.05, 4.69) is 14.8 Å². The van der Waals surface area contributed by atoms with Crippen molar-refractivity contribution in [1.82, 2.24) is 9.88 Å². The molecule has 0 unspecified atom stereocenters. The van der Waals surface area contributed by atoms with Crippen LogP contribution in [0.2, 0.25) is 5.02 Å². The predicted octanol–water partition coefficient (Wildman–Crippen LogP) is 2.55. The van der Waals surface area contributed by atoms with Crippen LogP contribution in [0.25, 0.3) is 0 Å². The van der Waals surface area contributed by atoms with Gasteiger partial charge in [-0.05, 0) is 25.0 Å². The molecule has 2 aliphatic rings. The smallest absolute Gasteiger partial charge is 0.147 e. The number of halogens is 1. The number of rotatable bonds is 3. The molecule has 1 aromatic rings. The van der Waals surface area contributed by atoms with Crippen LogP contribution in [-0.2, 0) is 0 Å². The van der Waals surface area contributed by atoms with Gasteiger partial charge in [0.05, 0.1) is 10.6 Å². The zero-order chi connectivity index (χ0) is 14.7. The van der Waals surface area contributed by atoms with Crippen LogP contribution in [0.3, 0.4) is 0 Å². The molecule has 0 atom stereocenters. The molecule has 116 valence electrons. The lowest BCUT2D eigenvalue weighted by atomic mass is 9.84. The molecule has 3 rings (SSSR count). The SMILES string of the molecule is OC1(CN2CCN(c3ncccc3Cl)CC2)CCCCC1. The van der Waals surface area contributed by atoms with Crippen molar-refractivity contribution in [1.29, 1.82) is 0 Å². The van der Waals surface area contributed by atoms with Crippen LogP contribution in [0, 0.1) is 0 Å². The second-order valence-corrected chi connectivity index (χ2v) is 6.76. The van der Waals surface area contributed by atoms with E-state index in [0.29, 0.717) is 0 Å². The van der Waals surface area contributed by atoms with Crippen molar-refractivity contribution in [3.63, 3.8) is 0 Å². The Balaban J connectivity index is 1.54. The van der Waals surface area contributed by atoms with Crippen LogP contribution in [0.1, 0.15) is 32.1 Å². The molecule has 1 aliphatic heterocycles. The first kappa shape index (κ1) is 15.1. The highest BCUT2D eigenvalue weighted by atomic mass is 35.5. The summed E-state index contributed by atoms with van der Waals surface area (Å²) < 4.78 is 0. The second kappa shape index (κ2) is 6.51. The Kier molecular flexibility index (Phi) is 4.67. The van der Waals surface area contributed by atoms with Gasteiger partial charge in [-0.15, -0.1) is 0 Å². The molecule has 1 saturated carbocycles. The molecule has 21 heavy (non-hydrogen) atoms. The van der Waals surface area contributed by atoms with Crippen LogP contribution in [0.4, 0.5) is 5.82 Å². The summed E-state index contributed by atoms with van der Waals surface area (Å²) in [7, 11) is 0. The zero-order valence-electron chi connectivity index (χ0n) is 12.5. The molecule has 4 nitrogen and oxygen atoms in total. The summed E-state index contributed by atoms with van der Waals surface area (Å²) in [4.78, 5) is 9.01. The lowest BCUT2D eigenvalue weighted by Gasteiger charge is -2.41. The van der Waals surface area contributed by atoms with E-state index < -0.39 is 5.60 Å². The van der Waals surface area contributed by atoms with Crippen molar-refractivity contribution < 1.29 is 5.11 Å². The molecule has 1 saturated heterocycles. The third-order valence-corrected chi connectivity index (χ3v) is 5.01. The summed E-state index contributed by atoms with van der Waals surface area (Å²) in [6.07, 6.45) is 7.31. The minimum absolute atomic E-state index is 0.455. The van der Waals surface area contributed by atoms with Gasteiger partial charge in [-0.25, -0.2) is 4.98 Å². The highest BCUT2D eigenvalue weighted by molar-refractivity contribution is 6.32. The first-order chi connectivity index (χ1) is 10.2.